The number of pyridine rings is 2. The maximum Gasteiger partial charge on any atom is 0.338 e. The summed E-state index contributed by atoms with van der Waals surface area (Å²) in [6.45, 7) is 3.61. The fraction of sp³-hybridized carbons (Fsp3) is 0.200. The first kappa shape index (κ1) is 19.8. The molecular weight excluding hydrogens is 406 g/mol. The molecule has 1 N–H and O–H groups in total. The molecule has 0 spiro atoms. The molecule has 0 aliphatic heterocycles. The Morgan fingerprint density at radius 1 is 1.17 bits per heavy atom. The number of aryl methyl sites for hydroxylation is 2. The van der Waals surface area contributed by atoms with Gasteiger partial charge in [-0.25, -0.2) is 19.7 Å². The van der Waals surface area contributed by atoms with E-state index in [2.05, 4.69) is 19.9 Å². The summed E-state index contributed by atoms with van der Waals surface area (Å²) in [5, 5.41) is 0.390. The number of aromatic nitrogens is 5. The molecule has 0 amide bonds. The fourth-order valence-corrected chi connectivity index (χ4v) is 3.81. The minimum absolute atomic E-state index is 0.0780. The monoisotopic (exact) mass is 423 g/mol. The Morgan fingerprint density at radius 2 is 1.97 bits per heavy atom. The molecule has 4 aromatic rings. The quantitative estimate of drug-likeness (QED) is 0.301. The van der Waals surface area contributed by atoms with Crippen LogP contribution in [0, 0.1) is 13.8 Å². The van der Waals surface area contributed by atoms with Gasteiger partial charge in [-0.15, -0.1) is 0 Å². The number of nitrogens with one attached hydrogen (secondary N) is 1. The SMILES string of the molecule is COC(=O)c1cc(C)nc2nc(SCc3cc(=O)n4cc(C)ccc4n3)[nH]c(=O)c12. The van der Waals surface area contributed by atoms with Crippen molar-refractivity contribution in [3.05, 3.63) is 73.7 Å². The Morgan fingerprint density at radius 3 is 2.73 bits per heavy atom. The highest BCUT2D eigenvalue weighted by atomic mass is 32.2. The lowest BCUT2D eigenvalue weighted by atomic mass is 10.1. The molecule has 0 bridgehead atoms. The van der Waals surface area contributed by atoms with Crippen molar-refractivity contribution in [2.75, 3.05) is 7.11 Å². The molecule has 4 aromatic heterocycles. The molecule has 4 rings (SSSR count). The smallest absolute Gasteiger partial charge is 0.338 e. The van der Waals surface area contributed by atoms with Gasteiger partial charge in [0.1, 0.15) is 5.65 Å². The highest BCUT2D eigenvalue weighted by Crippen LogP contribution is 2.20. The Balaban J connectivity index is 1.69. The van der Waals surface area contributed by atoms with Gasteiger partial charge in [-0.3, -0.25) is 14.0 Å². The van der Waals surface area contributed by atoms with Gasteiger partial charge in [-0.05, 0) is 31.5 Å². The molecule has 0 saturated heterocycles. The van der Waals surface area contributed by atoms with Gasteiger partial charge < -0.3 is 9.72 Å². The minimum atomic E-state index is -0.630. The molecule has 0 radical (unpaired) electrons. The van der Waals surface area contributed by atoms with Crippen LogP contribution in [-0.4, -0.2) is 37.4 Å². The molecule has 152 valence electrons. The van der Waals surface area contributed by atoms with Gasteiger partial charge in [0.25, 0.3) is 11.1 Å². The zero-order chi connectivity index (χ0) is 21.4. The second-order valence-electron chi connectivity index (χ2n) is 6.68. The average Bonchev–Trinajstić information content (AvgIpc) is 2.71. The van der Waals surface area contributed by atoms with Crippen molar-refractivity contribution in [2.24, 2.45) is 0 Å². The number of thioether (sulfide) groups is 1. The summed E-state index contributed by atoms with van der Waals surface area (Å²) >= 11 is 1.22. The van der Waals surface area contributed by atoms with E-state index in [0.29, 0.717) is 27.9 Å². The van der Waals surface area contributed by atoms with Gasteiger partial charge in [-0.2, -0.15) is 0 Å². The van der Waals surface area contributed by atoms with E-state index in [1.807, 2.05) is 13.0 Å². The number of hydrogen-bond acceptors (Lipinski definition) is 8. The van der Waals surface area contributed by atoms with E-state index in [9.17, 15) is 14.4 Å². The maximum atomic E-state index is 12.6. The van der Waals surface area contributed by atoms with Gasteiger partial charge in [0.05, 0.1) is 23.8 Å². The van der Waals surface area contributed by atoms with E-state index >= 15 is 0 Å². The predicted octanol–water partition coefficient (Wildman–Crippen LogP) is 2.02. The molecule has 0 aliphatic carbocycles. The Hall–Kier alpha value is -3.53. The van der Waals surface area contributed by atoms with E-state index < -0.39 is 11.5 Å². The average molecular weight is 423 g/mol. The van der Waals surface area contributed by atoms with Crippen molar-refractivity contribution in [3.8, 4) is 0 Å². The first-order chi connectivity index (χ1) is 14.4. The second-order valence-corrected chi connectivity index (χ2v) is 7.65. The highest BCUT2D eigenvalue weighted by Gasteiger charge is 2.17. The Bertz CT molecular complexity index is 1430. The fourth-order valence-electron chi connectivity index (χ4n) is 3.06. The number of fused-ring (bicyclic) bond motifs is 2. The summed E-state index contributed by atoms with van der Waals surface area (Å²) in [6.07, 6.45) is 1.73. The molecule has 10 heteroatoms. The van der Waals surface area contributed by atoms with Crippen molar-refractivity contribution in [2.45, 2.75) is 24.8 Å². The predicted molar refractivity (Wildman–Crippen MR) is 112 cm³/mol. The molecule has 0 unspecified atom stereocenters. The minimum Gasteiger partial charge on any atom is -0.465 e. The summed E-state index contributed by atoms with van der Waals surface area (Å²) in [6, 6.07) is 6.61. The van der Waals surface area contributed by atoms with Crippen LogP contribution in [0.5, 0.6) is 0 Å². The molecule has 0 atom stereocenters. The number of rotatable bonds is 4. The molecule has 9 nitrogen and oxygen atoms in total. The lowest BCUT2D eigenvalue weighted by molar-refractivity contribution is 0.0602. The van der Waals surface area contributed by atoms with Gasteiger partial charge in [0, 0.05) is 23.7 Å². The molecule has 0 aromatic carbocycles. The van der Waals surface area contributed by atoms with Crippen LogP contribution in [0.25, 0.3) is 16.7 Å². The second kappa shape index (κ2) is 7.71. The number of methoxy groups -OCH3 is 1. The van der Waals surface area contributed by atoms with Crippen molar-refractivity contribution in [3.63, 3.8) is 0 Å². The Labute approximate surface area is 174 Å². The third-order valence-electron chi connectivity index (χ3n) is 4.41. The van der Waals surface area contributed by atoms with E-state index in [0.717, 1.165) is 5.56 Å². The van der Waals surface area contributed by atoms with Crippen LogP contribution in [0.1, 0.15) is 27.3 Å². The lowest BCUT2D eigenvalue weighted by Crippen LogP contribution is -2.16. The van der Waals surface area contributed by atoms with Crippen LogP contribution in [0.15, 0.2) is 45.2 Å². The van der Waals surface area contributed by atoms with Crippen molar-refractivity contribution in [1.82, 2.24) is 24.3 Å². The molecule has 4 heterocycles. The summed E-state index contributed by atoms with van der Waals surface area (Å²) < 4.78 is 6.24. The summed E-state index contributed by atoms with van der Waals surface area (Å²) in [7, 11) is 1.25. The molecule has 0 saturated carbocycles. The van der Waals surface area contributed by atoms with Crippen molar-refractivity contribution >= 4 is 34.4 Å². The van der Waals surface area contributed by atoms with Crippen LogP contribution in [-0.2, 0) is 10.5 Å². The van der Waals surface area contributed by atoms with Gasteiger partial charge in [0.15, 0.2) is 10.8 Å². The van der Waals surface area contributed by atoms with Crippen LogP contribution in [0.2, 0.25) is 0 Å². The number of nitrogens with zero attached hydrogens (tertiary/aromatic N) is 4. The molecule has 0 aliphatic rings. The first-order valence-corrected chi connectivity index (χ1v) is 9.96. The molecule has 0 fully saturated rings. The number of carbonyl (C=O) groups is 1. The molecule has 30 heavy (non-hydrogen) atoms. The highest BCUT2D eigenvalue weighted by molar-refractivity contribution is 7.98. The van der Waals surface area contributed by atoms with E-state index in [1.165, 1.54) is 35.4 Å². The number of aromatic amines is 1. The third kappa shape index (κ3) is 3.69. The van der Waals surface area contributed by atoms with E-state index in [4.69, 9.17) is 4.74 Å². The first-order valence-electron chi connectivity index (χ1n) is 8.97. The van der Waals surface area contributed by atoms with Crippen LogP contribution >= 0.6 is 11.8 Å². The Kier molecular flexibility index (Phi) is 5.08. The molecular formula is C20H17N5O4S. The van der Waals surface area contributed by atoms with E-state index in [-0.39, 0.29) is 22.2 Å². The topological polar surface area (TPSA) is 119 Å². The summed E-state index contributed by atoms with van der Waals surface area (Å²) in [5.74, 6) is -0.307. The maximum absolute atomic E-state index is 12.6. The van der Waals surface area contributed by atoms with E-state index in [1.54, 1.807) is 19.2 Å². The number of H-pyrrole nitrogens is 1. The summed E-state index contributed by atoms with van der Waals surface area (Å²) in [4.78, 5) is 52.7. The third-order valence-corrected chi connectivity index (χ3v) is 5.31. The van der Waals surface area contributed by atoms with Crippen LogP contribution in [0.3, 0.4) is 0 Å². The summed E-state index contributed by atoms with van der Waals surface area (Å²) in [5.41, 5.74) is 2.20. The largest absolute Gasteiger partial charge is 0.465 e. The van der Waals surface area contributed by atoms with Crippen molar-refractivity contribution < 1.29 is 9.53 Å². The normalized spacial score (nSPS) is 11.2. The van der Waals surface area contributed by atoms with Crippen LogP contribution in [0.4, 0.5) is 0 Å². The number of esters is 1. The van der Waals surface area contributed by atoms with Gasteiger partial charge >= 0.3 is 5.97 Å². The standard InChI is InChI=1S/C20H17N5O4S/c1-10-4-5-14-22-12(7-15(26)25(14)8-10)9-30-20-23-17-16(18(27)24-20)13(19(28)29-3)6-11(2)21-17/h4-8H,9H2,1-3H3,(H,21,23,24,27). The zero-order valence-electron chi connectivity index (χ0n) is 16.4. The lowest BCUT2D eigenvalue weighted by Gasteiger charge is -2.07. The number of carbonyl (C=O) groups excluding carboxylic acids is 1. The number of ether oxygens (including phenoxy) is 1. The van der Waals surface area contributed by atoms with Gasteiger partial charge in [-0.1, -0.05) is 17.8 Å². The zero-order valence-corrected chi connectivity index (χ0v) is 17.2. The van der Waals surface area contributed by atoms with Crippen molar-refractivity contribution in [1.29, 1.82) is 0 Å². The van der Waals surface area contributed by atoms with Gasteiger partial charge in [0.2, 0.25) is 0 Å². The van der Waals surface area contributed by atoms with Crippen LogP contribution < -0.4 is 11.1 Å². The number of hydrogen-bond donors (Lipinski definition) is 1.